The van der Waals surface area contributed by atoms with Gasteiger partial charge in [0.15, 0.2) is 11.7 Å². The van der Waals surface area contributed by atoms with E-state index in [0.29, 0.717) is 12.0 Å². The summed E-state index contributed by atoms with van der Waals surface area (Å²) >= 11 is 0. The third-order valence-electron chi connectivity index (χ3n) is 6.64. The molecule has 2 atom stereocenters. The van der Waals surface area contributed by atoms with Crippen LogP contribution in [0, 0.1) is 12.1 Å². The normalized spacial score (nSPS) is 16.5. The molecule has 1 saturated heterocycles. The Bertz CT molecular complexity index is 1740. The molecule has 2 heterocycles. The lowest BCUT2D eigenvalue weighted by atomic mass is 10.1. The number of ether oxygens (including phenoxy) is 2. The van der Waals surface area contributed by atoms with Crippen molar-refractivity contribution in [1.29, 1.82) is 0 Å². The molecule has 0 bridgehead atoms. The quantitative estimate of drug-likeness (QED) is 0.104. The zero-order chi connectivity index (χ0) is 34.7. The van der Waals surface area contributed by atoms with Gasteiger partial charge >= 0.3 is 12.3 Å². The summed E-state index contributed by atoms with van der Waals surface area (Å²) in [6, 6.07) is 11.1. The molecule has 0 spiro atoms. The molecule has 1 aliphatic heterocycles. The van der Waals surface area contributed by atoms with Crippen LogP contribution < -0.4 is 4.72 Å². The van der Waals surface area contributed by atoms with E-state index in [-0.39, 0.29) is 34.2 Å². The Hall–Kier alpha value is -4.87. The van der Waals surface area contributed by atoms with Gasteiger partial charge in [-0.15, -0.1) is 5.01 Å². The van der Waals surface area contributed by atoms with E-state index in [4.69, 9.17) is 14.3 Å². The van der Waals surface area contributed by atoms with Crippen LogP contribution in [0.3, 0.4) is 0 Å². The average molecular weight is 683 g/mol. The van der Waals surface area contributed by atoms with Gasteiger partial charge in [0.25, 0.3) is 22.2 Å². The largest absolute Gasteiger partial charge is 0.569 e. The van der Waals surface area contributed by atoms with Gasteiger partial charge in [0, 0.05) is 12.5 Å². The summed E-state index contributed by atoms with van der Waals surface area (Å²) in [5.74, 6) is -1.02. The van der Waals surface area contributed by atoms with Crippen LogP contribution >= 0.6 is 0 Å². The molecule has 1 amide bonds. The summed E-state index contributed by atoms with van der Waals surface area (Å²) in [5.41, 5.74) is -0.339. The van der Waals surface area contributed by atoms with Gasteiger partial charge in [-0.3, -0.25) is 9.63 Å². The molecule has 18 heteroatoms. The fourth-order valence-electron chi connectivity index (χ4n) is 4.48. The minimum absolute atomic E-state index is 0.0393. The summed E-state index contributed by atoms with van der Waals surface area (Å²) in [4.78, 5) is 29.2. The SMILES string of the molecule is Cc1ccc(-c2cc(C(F)(F)F)nn2-c2ccc(S(=O)(=O)NC(=O)[C@@H]3CCCN3[N+]([O-])=NOC(C)OC(=O)OC(C)(C)C)cc2)cc1. The fraction of sp³-hybridized carbons (Fsp3) is 0.414. The number of sulfonamides is 1. The highest BCUT2D eigenvalue weighted by atomic mass is 32.2. The van der Waals surface area contributed by atoms with Crippen molar-refractivity contribution in [3.63, 3.8) is 0 Å². The van der Waals surface area contributed by atoms with Crippen molar-refractivity contribution in [2.45, 2.75) is 76.5 Å². The third-order valence-corrected chi connectivity index (χ3v) is 8.00. The van der Waals surface area contributed by atoms with Crippen molar-refractivity contribution in [1.82, 2.24) is 19.5 Å². The van der Waals surface area contributed by atoms with Gasteiger partial charge in [-0.25, -0.2) is 22.6 Å². The molecule has 14 nitrogen and oxygen atoms in total. The van der Waals surface area contributed by atoms with Crippen molar-refractivity contribution >= 4 is 22.1 Å². The van der Waals surface area contributed by atoms with Crippen molar-refractivity contribution in [2.75, 3.05) is 6.54 Å². The van der Waals surface area contributed by atoms with E-state index >= 15 is 0 Å². The van der Waals surface area contributed by atoms with E-state index in [0.717, 1.165) is 33.5 Å². The zero-order valence-electron chi connectivity index (χ0n) is 26.0. The van der Waals surface area contributed by atoms with Gasteiger partial charge in [-0.1, -0.05) is 29.8 Å². The lowest BCUT2D eigenvalue weighted by Crippen LogP contribution is -2.47. The molecule has 47 heavy (non-hydrogen) atoms. The number of carbonyl (C=O) groups is 2. The van der Waals surface area contributed by atoms with Crippen LogP contribution in [0.2, 0.25) is 0 Å². The summed E-state index contributed by atoms with van der Waals surface area (Å²) in [6.07, 6.45) is -6.65. The van der Waals surface area contributed by atoms with Crippen LogP contribution in [0.4, 0.5) is 18.0 Å². The Kier molecular flexibility index (Phi) is 10.0. The molecule has 1 unspecified atom stereocenters. The topological polar surface area (TPSA) is 167 Å². The van der Waals surface area contributed by atoms with Gasteiger partial charge < -0.3 is 14.7 Å². The lowest BCUT2D eigenvalue weighted by Gasteiger charge is -2.21. The van der Waals surface area contributed by atoms with Crippen LogP contribution in [0.5, 0.6) is 0 Å². The van der Waals surface area contributed by atoms with E-state index in [1.54, 1.807) is 45.0 Å². The first-order valence-corrected chi connectivity index (χ1v) is 15.7. The van der Waals surface area contributed by atoms with Crippen LogP contribution in [0.1, 0.15) is 51.8 Å². The van der Waals surface area contributed by atoms with E-state index in [1.807, 2.05) is 11.6 Å². The molecule has 0 aliphatic carbocycles. The monoisotopic (exact) mass is 682 g/mol. The number of halogens is 3. The Balaban J connectivity index is 1.46. The minimum Gasteiger partial charge on any atom is -0.569 e. The average Bonchev–Trinajstić information content (AvgIpc) is 3.64. The van der Waals surface area contributed by atoms with Crippen molar-refractivity contribution in [3.05, 3.63) is 71.1 Å². The predicted octanol–water partition coefficient (Wildman–Crippen LogP) is 5.24. The third kappa shape index (κ3) is 8.90. The summed E-state index contributed by atoms with van der Waals surface area (Å²) in [5, 5.41) is 20.5. The summed E-state index contributed by atoms with van der Waals surface area (Å²) in [6.45, 7) is 8.01. The number of alkyl halides is 3. The second-order valence-corrected chi connectivity index (χ2v) is 13.2. The van der Waals surface area contributed by atoms with Crippen molar-refractivity contribution in [3.8, 4) is 16.9 Å². The zero-order valence-corrected chi connectivity index (χ0v) is 26.8. The maximum absolute atomic E-state index is 13.5. The number of hydrazine groups is 1. The second kappa shape index (κ2) is 13.5. The highest BCUT2D eigenvalue weighted by Crippen LogP contribution is 2.33. The Labute approximate surface area is 268 Å². The number of rotatable bonds is 9. The summed E-state index contributed by atoms with van der Waals surface area (Å²) in [7, 11) is -4.47. The highest BCUT2D eigenvalue weighted by Gasteiger charge is 2.39. The van der Waals surface area contributed by atoms with Gasteiger partial charge in [-0.2, -0.15) is 18.3 Å². The van der Waals surface area contributed by atoms with E-state index in [1.165, 1.54) is 19.1 Å². The first-order chi connectivity index (χ1) is 21.8. The highest BCUT2D eigenvalue weighted by molar-refractivity contribution is 7.90. The summed E-state index contributed by atoms with van der Waals surface area (Å²) < 4.78 is 79.6. The smallest absolute Gasteiger partial charge is 0.511 e. The molecule has 0 radical (unpaired) electrons. The number of benzene rings is 2. The number of aryl methyl sites for hydroxylation is 1. The number of nitrogens with one attached hydrogen (secondary N) is 1. The van der Waals surface area contributed by atoms with E-state index in [2.05, 4.69) is 10.4 Å². The van der Waals surface area contributed by atoms with Gasteiger partial charge in [0.1, 0.15) is 5.60 Å². The van der Waals surface area contributed by atoms with E-state index < -0.39 is 51.9 Å². The molecule has 3 aromatic rings. The predicted molar refractivity (Wildman–Crippen MR) is 158 cm³/mol. The molecule has 2 aromatic carbocycles. The molecule has 1 aliphatic rings. The van der Waals surface area contributed by atoms with Crippen LogP contribution in [-0.2, 0) is 35.3 Å². The fourth-order valence-corrected chi connectivity index (χ4v) is 5.49. The standard InChI is InChI=1S/C29H33F3N6O8S/c1-18-8-10-20(11-9-18)24-17-25(29(30,31)32)33-37(24)21-12-14-22(15-13-21)47(42,43)34-26(39)23-7-6-16-36(23)38(41)35-46-19(2)44-27(40)45-28(3,4)5/h8-15,17,19,23H,6-7,16H2,1-5H3,(H,34,39)/t19?,23-/m0/s1. The minimum atomic E-state index is -4.72. The van der Waals surface area contributed by atoms with Crippen molar-refractivity contribution < 1.29 is 50.5 Å². The Morgan fingerprint density at radius 2 is 1.74 bits per heavy atom. The molecule has 4 rings (SSSR count). The molecular weight excluding hydrogens is 649 g/mol. The molecule has 1 fully saturated rings. The number of aromatic nitrogens is 2. The molecular formula is C29H33F3N6O8S. The van der Waals surface area contributed by atoms with Crippen molar-refractivity contribution in [2.24, 2.45) is 5.28 Å². The number of nitrogens with zero attached hydrogens (tertiary/aromatic N) is 5. The first-order valence-electron chi connectivity index (χ1n) is 14.3. The number of hydrogen-bond donors (Lipinski definition) is 1. The lowest BCUT2D eigenvalue weighted by molar-refractivity contribution is -0.713. The Morgan fingerprint density at radius 3 is 2.34 bits per heavy atom. The number of amides is 1. The molecule has 1 aromatic heterocycles. The van der Waals surface area contributed by atoms with Gasteiger partial charge in [-0.05, 0) is 70.9 Å². The second-order valence-electron chi connectivity index (χ2n) is 11.6. The van der Waals surface area contributed by atoms with Crippen LogP contribution in [0.15, 0.2) is 64.8 Å². The maximum atomic E-state index is 13.5. The molecule has 254 valence electrons. The molecule has 0 saturated carbocycles. The van der Waals surface area contributed by atoms with Gasteiger partial charge in [0.05, 0.1) is 27.8 Å². The number of hydrogen-bond acceptors (Lipinski definition) is 10. The van der Waals surface area contributed by atoms with Crippen LogP contribution in [0.25, 0.3) is 16.9 Å². The van der Waals surface area contributed by atoms with E-state index in [9.17, 15) is 36.4 Å². The maximum Gasteiger partial charge on any atom is 0.511 e. The molecule has 1 N–H and O–H groups in total. The Morgan fingerprint density at radius 1 is 1.11 bits per heavy atom. The first kappa shape index (κ1) is 35.0. The van der Waals surface area contributed by atoms with Crippen LogP contribution in [-0.4, -0.2) is 64.7 Å². The number of carbonyl (C=O) groups excluding carboxylic acids is 2. The van der Waals surface area contributed by atoms with Gasteiger partial charge in [0.2, 0.25) is 5.28 Å².